The Balaban J connectivity index is 1.97. The van der Waals surface area contributed by atoms with E-state index in [1.165, 1.54) is 24.3 Å². The van der Waals surface area contributed by atoms with Crippen molar-refractivity contribution >= 4 is 0 Å². The van der Waals surface area contributed by atoms with Gasteiger partial charge in [0, 0.05) is 12.6 Å². The maximum absolute atomic E-state index is 13.1. The monoisotopic (exact) mass is 297 g/mol. The number of hydrogen-bond donors (Lipinski definition) is 1. The Morgan fingerprint density at radius 1 is 1.05 bits per heavy atom. The summed E-state index contributed by atoms with van der Waals surface area (Å²) in [5.41, 5.74) is 0.873. The molecule has 21 heavy (non-hydrogen) atoms. The molecule has 0 aliphatic rings. The van der Waals surface area contributed by atoms with Crippen molar-refractivity contribution in [2.24, 2.45) is 0 Å². The minimum atomic E-state index is -4.32. The zero-order valence-corrected chi connectivity index (χ0v) is 11.4. The van der Waals surface area contributed by atoms with E-state index in [9.17, 15) is 17.6 Å². The highest BCUT2D eigenvalue weighted by molar-refractivity contribution is 5.25. The molecule has 2 aromatic rings. The summed E-state index contributed by atoms with van der Waals surface area (Å²) < 4.78 is 50.4. The van der Waals surface area contributed by atoms with Crippen LogP contribution in [0.25, 0.3) is 0 Å². The van der Waals surface area contributed by atoms with E-state index in [2.05, 4.69) is 5.32 Å². The van der Waals surface area contributed by atoms with E-state index < -0.39 is 11.7 Å². The lowest BCUT2D eigenvalue weighted by Crippen LogP contribution is -2.18. The molecule has 0 saturated heterocycles. The van der Waals surface area contributed by atoms with Crippen LogP contribution in [0.5, 0.6) is 0 Å². The first-order chi connectivity index (χ1) is 9.86. The smallest absolute Gasteiger partial charge is 0.306 e. The summed E-state index contributed by atoms with van der Waals surface area (Å²) in [7, 11) is 0. The molecule has 0 bridgehead atoms. The summed E-state index contributed by atoms with van der Waals surface area (Å²) in [5, 5.41) is 3.15. The molecule has 0 fully saturated rings. The van der Waals surface area contributed by atoms with Crippen molar-refractivity contribution in [3.63, 3.8) is 0 Å². The van der Waals surface area contributed by atoms with Gasteiger partial charge in [-0.2, -0.15) is 13.2 Å². The quantitative estimate of drug-likeness (QED) is 0.807. The zero-order valence-electron chi connectivity index (χ0n) is 11.4. The Kier molecular flexibility index (Phi) is 4.63. The summed E-state index contributed by atoms with van der Waals surface area (Å²) in [6, 6.07) is 11.1. The minimum Gasteiger partial charge on any atom is -0.306 e. The van der Waals surface area contributed by atoms with Gasteiger partial charge in [-0.25, -0.2) is 4.39 Å². The minimum absolute atomic E-state index is 0.0945. The van der Waals surface area contributed by atoms with Crippen LogP contribution in [-0.4, -0.2) is 0 Å². The molecule has 1 N–H and O–H groups in total. The highest BCUT2D eigenvalue weighted by Crippen LogP contribution is 2.29. The van der Waals surface area contributed by atoms with Gasteiger partial charge in [0.05, 0.1) is 5.56 Å². The largest absolute Gasteiger partial charge is 0.416 e. The Morgan fingerprint density at radius 3 is 2.29 bits per heavy atom. The van der Waals surface area contributed by atoms with Crippen molar-refractivity contribution in [2.45, 2.75) is 25.7 Å². The molecule has 2 aromatic carbocycles. The molecular formula is C16H15F4N. The molecule has 5 heteroatoms. The van der Waals surface area contributed by atoms with Gasteiger partial charge < -0.3 is 5.32 Å². The lowest BCUT2D eigenvalue weighted by atomic mass is 10.1. The molecule has 0 radical (unpaired) electrons. The third-order valence-electron chi connectivity index (χ3n) is 3.24. The Bertz CT molecular complexity index is 590. The van der Waals surface area contributed by atoms with E-state index in [1.54, 1.807) is 12.1 Å². The molecule has 1 atom stereocenters. The van der Waals surface area contributed by atoms with E-state index in [1.807, 2.05) is 6.92 Å². The maximum atomic E-state index is 13.1. The van der Waals surface area contributed by atoms with Crippen molar-refractivity contribution in [2.75, 3.05) is 0 Å². The maximum Gasteiger partial charge on any atom is 0.416 e. The fourth-order valence-corrected chi connectivity index (χ4v) is 1.98. The summed E-state index contributed by atoms with van der Waals surface area (Å²) in [6.07, 6.45) is -4.32. The second kappa shape index (κ2) is 6.26. The number of halogens is 4. The third kappa shape index (κ3) is 4.29. The normalized spacial score (nSPS) is 13.2. The van der Waals surface area contributed by atoms with E-state index in [0.717, 1.165) is 23.3 Å². The van der Waals surface area contributed by atoms with Crippen molar-refractivity contribution < 1.29 is 17.6 Å². The van der Waals surface area contributed by atoms with Gasteiger partial charge in [-0.15, -0.1) is 0 Å². The molecule has 0 amide bonds. The SMILES string of the molecule is CC(NCc1ccc(C(F)(F)F)cc1)c1cccc(F)c1. The standard InChI is InChI=1S/C16H15F4N/c1-11(13-3-2-4-15(17)9-13)21-10-12-5-7-14(8-6-12)16(18,19)20/h2-9,11,21H,10H2,1H3. The Morgan fingerprint density at radius 2 is 1.71 bits per heavy atom. The van der Waals surface area contributed by atoms with E-state index in [4.69, 9.17) is 0 Å². The second-order valence-corrected chi connectivity index (χ2v) is 4.85. The predicted molar refractivity (Wildman–Crippen MR) is 73.1 cm³/mol. The third-order valence-corrected chi connectivity index (χ3v) is 3.24. The number of alkyl halides is 3. The molecule has 0 saturated carbocycles. The first kappa shape index (κ1) is 15.5. The highest BCUT2D eigenvalue weighted by Gasteiger charge is 2.29. The molecule has 0 aliphatic carbocycles. The van der Waals surface area contributed by atoms with Crippen LogP contribution >= 0.6 is 0 Å². The van der Waals surface area contributed by atoms with Crippen molar-refractivity contribution in [1.29, 1.82) is 0 Å². The fraction of sp³-hybridized carbons (Fsp3) is 0.250. The van der Waals surface area contributed by atoms with Crippen LogP contribution in [0.1, 0.15) is 29.7 Å². The van der Waals surface area contributed by atoms with Crippen LogP contribution in [0.2, 0.25) is 0 Å². The second-order valence-electron chi connectivity index (χ2n) is 4.85. The average molecular weight is 297 g/mol. The highest BCUT2D eigenvalue weighted by atomic mass is 19.4. The molecule has 1 nitrogen and oxygen atoms in total. The summed E-state index contributed by atoms with van der Waals surface area (Å²) in [5.74, 6) is -0.310. The molecule has 0 heterocycles. The van der Waals surface area contributed by atoms with Gasteiger partial charge in [0.2, 0.25) is 0 Å². The van der Waals surface area contributed by atoms with Crippen LogP contribution in [0, 0.1) is 5.82 Å². The molecule has 0 aliphatic heterocycles. The van der Waals surface area contributed by atoms with Gasteiger partial charge in [-0.05, 0) is 42.3 Å². The van der Waals surface area contributed by atoms with Crippen LogP contribution in [0.3, 0.4) is 0 Å². The van der Waals surface area contributed by atoms with Gasteiger partial charge in [0.1, 0.15) is 5.82 Å². The molecule has 0 aromatic heterocycles. The fourth-order valence-electron chi connectivity index (χ4n) is 1.98. The number of hydrogen-bond acceptors (Lipinski definition) is 1. The molecule has 112 valence electrons. The van der Waals surface area contributed by atoms with Crippen LogP contribution in [0.4, 0.5) is 17.6 Å². The average Bonchev–Trinajstić information content (AvgIpc) is 2.44. The van der Waals surface area contributed by atoms with Gasteiger partial charge in [-0.3, -0.25) is 0 Å². The number of benzene rings is 2. The molecule has 1 unspecified atom stereocenters. The van der Waals surface area contributed by atoms with Crippen LogP contribution < -0.4 is 5.32 Å². The van der Waals surface area contributed by atoms with Crippen LogP contribution in [-0.2, 0) is 12.7 Å². The first-order valence-electron chi connectivity index (χ1n) is 6.51. The summed E-state index contributed by atoms with van der Waals surface area (Å²) in [6.45, 7) is 2.29. The lowest BCUT2D eigenvalue weighted by molar-refractivity contribution is -0.137. The van der Waals surface area contributed by atoms with Gasteiger partial charge in [0.15, 0.2) is 0 Å². The summed E-state index contributed by atoms with van der Waals surface area (Å²) >= 11 is 0. The molecule has 2 rings (SSSR count). The van der Waals surface area contributed by atoms with Gasteiger partial charge in [-0.1, -0.05) is 24.3 Å². The van der Waals surface area contributed by atoms with E-state index in [-0.39, 0.29) is 11.9 Å². The Hall–Kier alpha value is -1.88. The van der Waals surface area contributed by atoms with Gasteiger partial charge >= 0.3 is 6.18 Å². The summed E-state index contributed by atoms with van der Waals surface area (Å²) in [4.78, 5) is 0. The van der Waals surface area contributed by atoms with E-state index >= 15 is 0 Å². The number of nitrogens with one attached hydrogen (secondary N) is 1. The Labute approximate surface area is 120 Å². The first-order valence-corrected chi connectivity index (χ1v) is 6.51. The van der Waals surface area contributed by atoms with Gasteiger partial charge in [0.25, 0.3) is 0 Å². The van der Waals surface area contributed by atoms with Crippen LogP contribution in [0.15, 0.2) is 48.5 Å². The van der Waals surface area contributed by atoms with Crippen molar-refractivity contribution in [3.8, 4) is 0 Å². The predicted octanol–water partition coefficient (Wildman–Crippen LogP) is 4.70. The molecule has 0 spiro atoms. The lowest BCUT2D eigenvalue weighted by Gasteiger charge is -2.15. The number of rotatable bonds is 4. The van der Waals surface area contributed by atoms with Crippen molar-refractivity contribution in [3.05, 3.63) is 71.0 Å². The van der Waals surface area contributed by atoms with Crippen molar-refractivity contribution in [1.82, 2.24) is 5.32 Å². The topological polar surface area (TPSA) is 12.0 Å². The van der Waals surface area contributed by atoms with E-state index in [0.29, 0.717) is 6.54 Å². The zero-order chi connectivity index (χ0) is 15.5. The molecular weight excluding hydrogens is 282 g/mol.